The minimum absolute atomic E-state index is 0.0199. The van der Waals surface area contributed by atoms with E-state index in [4.69, 9.17) is 0 Å². The van der Waals surface area contributed by atoms with Crippen LogP contribution in [0, 0.1) is 5.92 Å². The fourth-order valence-corrected chi connectivity index (χ4v) is 5.60. The first-order valence-corrected chi connectivity index (χ1v) is 13.6. The van der Waals surface area contributed by atoms with E-state index in [-0.39, 0.29) is 23.4 Å². The number of benzene rings is 2. The third kappa shape index (κ3) is 5.24. The first-order chi connectivity index (χ1) is 18.8. The number of pyridine rings is 1. The smallest absolute Gasteiger partial charge is 0.318 e. The van der Waals surface area contributed by atoms with Crippen molar-refractivity contribution in [3.05, 3.63) is 89.4 Å². The van der Waals surface area contributed by atoms with E-state index in [1.54, 1.807) is 10.8 Å². The fourth-order valence-electron chi connectivity index (χ4n) is 5.60. The lowest BCUT2D eigenvalue weighted by molar-refractivity contribution is -0.122. The van der Waals surface area contributed by atoms with Gasteiger partial charge in [0.25, 0.3) is 0 Å². The van der Waals surface area contributed by atoms with Gasteiger partial charge in [-0.1, -0.05) is 42.5 Å². The minimum atomic E-state index is -0.316. The molecule has 3 amide bonds. The van der Waals surface area contributed by atoms with Crippen molar-refractivity contribution < 1.29 is 9.59 Å². The van der Waals surface area contributed by atoms with Gasteiger partial charge in [-0.15, -0.1) is 0 Å². The molecule has 0 radical (unpaired) electrons. The number of urea groups is 1. The number of rotatable bonds is 5. The Morgan fingerprint density at radius 3 is 2.67 bits per heavy atom. The number of aromatic nitrogens is 3. The fraction of sp³-hybridized carbons (Fsp3) is 0.355. The Labute approximate surface area is 228 Å². The molecular weight excluding hydrogens is 488 g/mol. The molecule has 2 aromatic carbocycles. The van der Waals surface area contributed by atoms with Gasteiger partial charge in [0.2, 0.25) is 5.91 Å². The van der Waals surface area contributed by atoms with Crippen LogP contribution in [0.1, 0.15) is 55.4 Å². The molecule has 8 nitrogen and oxygen atoms in total. The second-order valence-corrected chi connectivity index (χ2v) is 11.6. The molecule has 2 atom stereocenters. The zero-order valence-corrected chi connectivity index (χ0v) is 22.6. The first kappa shape index (κ1) is 25.1. The molecule has 200 valence electrons. The maximum atomic E-state index is 13.1. The minimum Gasteiger partial charge on any atom is -0.352 e. The number of fused-ring (bicyclic) bond motifs is 2. The van der Waals surface area contributed by atoms with Crippen LogP contribution in [0.3, 0.4) is 0 Å². The molecule has 0 spiro atoms. The normalized spacial score (nSPS) is 18.5. The van der Waals surface area contributed by atoms with Crippen LogP contribution in [0.4, 0.5) is 4.79 Å². The van der Waals surface area contributed by atoms with Crippen LogP contribution in [0.15, 0.2) is 67.1 Å². The average molecular weight is 523 g/mol. The molecule has 39 heavy (non-hydrogen) atoms. The zero-order chi connectivity index (χ0) is 27.1. The van der Waals surface area contributed by atoms with E-state index >= 15 is 0 Å². The Balaban J connectivity index is 1.26. The molecule has 1 aliphatic heterocycles. The number of amides is 3. The summed E-state index contributed by atoms with van der Waals surface area (Å²) in [5, 5.41) is 10.5. The quantitative estimate of drug-likeness (QED) is 0.398. The summed E-state index contributed by atoms with van der Waals surface area (Å²) >= 11 is 0. The maximum Gasteiger partial charge on any atom is 0.318 e. The van der Waals surface area contributed by atoms with E-state index in [1.807, 2.05) is 62.2 Å². The summed E-state index contributed by atoms with van der Waals surface area (Å²) < 4.78 is 1.75. The number of nitrogens with zero attached hydrogens (tertiary/aromatic N) is 4. The topological polar surface area (TPSA) is 91.6 Å². The van der Waals surface area contributed by atoms with Crippen molar-refractivity contribution in [3.8, 4) is 11.1 Å². The van der Waals surface area contributed by atoms with Gasteiger partial charge >= 0.3 is 6.03 Å². The summed E-state index contributed by atoms with van der Waals surface area (Å²) in [4.78, 5) is 32.3. The van der Waals surface area contributed by atoms with Gasteiger partial charge < -0.3 is 15.5 Å². The summed E-state index contributed by atoms with van der Waals surface area (Å²) in [6.45, 7) is 7.54. The molecule has 1 saturated carbocycles. The number of hydrogen-bond donors (Lipinski definition) is 2. The standard InChI is InChI=1S/C31H34N6O2/c1-31(2,3)35-30(39)36-13-12-24-23(21-11-14-37-28(15-21)33-19-34-37)10-9-22(27(24)18-36)17-32-29(38)26-16-25(26)20-7-5-4-6-8-20/h4-11,14-15,19,25-26H,12-13,16-18H2,1-3H3,(H,32,38)(H,35,39)/t25-,26+/m0/s1. The molecule has 0 unspecified atom stereocenters. The summed E-state index contributed by atoms with van der Waals surface area (Å²) in [5.41, 5.74) is 7.28. The zero-order valence-electron chi connectivity index (χ0n) is 22.6. The largest absolute Gasteiger partial charge is 0.352 e. The lowest BCUT2D eigenvalue weighted by Crippen LogP contribution is -2.50. The van der Waals surface area contributed by atoms with E-state index in [1.165, 1.54) is 11.1 Å². The van der Waals surface area contributed by atoms with Gasteiger partial charge in [0.05, 0.1) is 0 Å². The van der Waals surface area contributed by atoms with Crippen LogP contribution in [-0.2, 0) is 24.3 Å². The Hall–Kier alpha value is -4.20. The van der Waals surface area contributed by atoms with Gasteiger partial charge in [0.15, 0.2) is 5.65 Å². The highest BCUT2D eigenvalue weighted by atomic mass is 16.2. The predicted molar refractivity (Wildman–Crippen MR) is 150 cm³/mol. The molecule has 0 saturated heterocycles. The highest BCUT2D eigenvalue weighted by Crippen LogP contribution is 2.47. The van der Waals surface area contributed by atoms with Gasteiger partial charge in [-0.2, -0.15) is 5.10 Å². The summed E-state index contributed by atoms with van der Waals surface area (Å²) in [5.74, 6) is 0.412. The number of nitrogens with one attached hydrogen (secondary N) is 2. The number of carbonyl (C=O) groups excluding carboxylic acids is 2. The van der Waals surface area contributed by atoms with Crippen molar-refractivity contribution in [2.75, 3.05) is 6.54 Å². The van der Waals surface area contributed by atoms with Crippen molar-refractivity contribution >= 4 is 17.6 Å². The lowest BCUT2D eigenvalue weighted by Gasteiger charge is -2.34. The molecule has 4 aromatic rings. The second kappa shape index (κ2) is 9.84. The maximum absolute atomic E-state index is 13.1. The molecule has 1 aliphatic carbocycles. The van der Waals surface area contributed by atoms with Crippen molar-refractivity contribution in [2.24, 2.45) is 5.92 Å². The number of carbonyl (C=O) groups is 2. The monoisotopic (exact) mass is 522 g/mol. The van der Waals surface area contributed by atoms with Crippen molar-refractivity contribution in [2.45, 2.75) is 58.2 Å². The van der Waals surface area contributed by atoms with Crippen molar-refractivity contribution in [1.82, 2.24) is 30.1 Å². The molecule has 6 rings (SSSR count). The summed E-state index contributed by atoms with van der Waals surface area (Å²) in [6.07, 6.45) is 5.09. The second-order valence-electron chi connectivity index (χ2n) is 11.6. The molecule has 0 bridgehead atoms. The molecule has 8 heteroatoms. The van der Waals surface area contributed by atoms with Crippen molar-refractivity contribution in [1.29, 1.82) is 0 Å². The van der Waals surface area contributed by atoms with Gasteiger partial charge in [-0.25, -0.2) is 14.3 Å². The molecular formula is C31H34N6O2. The van der Waals surface area contributed by atoms with Gasteiger partial charge in [-0.3, -0.25) is 4.79 Å². The van der Waals surface area contributed by atoms with E-state index in [0.29, 0.717) is 25.6 Å². The van der Waals surface area contributed by atoms with E-state index in [2.05, 4.69) is 45.0 Å². The molecule has 1 fully saturated rings. The Bertz CT molecular complexity index is 1540. The highest BCUT2D eigenvalue weighted by molar-refractivity contribution is 5.83. The summed E-state index contributed by atoms with van der Waals surface area (Å²) in [7, 11) is 0. The Morgan fingerprint density at radius 2 is 1.87 bits per heavy atom. The molecule has 3 heterocycles. The third-order valence-electron chi connectivity index (χ3n) is 7.68. The van der Waals surface area contributed by atoms with Crippen LogP contribution < -0.4 is 10.6 Å². The van der Waals surface area contributed by atoms with Crippen LogP contribution >= 0.6 is 0 Å². The Kier molecular flexibility index (Phi) is 6.33. The molecule has 2 aromatic heterocycles. The SMILES string of the molecule is CC(C)(C)NC(=O)N1CCc2c(-c3ccn4ncnc4c3)ccc(CNC(=O)[C@@H]3C[C@H]3c3ccccc3)c2C1. The highest BCUT2D eigenvalue weighted by Gasteiger charge is 2.43. The molecule has 2 aliphatic rings. The van der Waals surface area contributed by atoms with E-state index in [9.17, 15) is 9.59 Å². The first-order valence-electron chi connectivity index (χ1n) is 13.6. The predicted octanol–water partition coefficient (Wildman–Crippen LogP) is 4.68. The third-order valence-corrected chi connectivity index (χ3v) is 7.68. The number of hydrogen-bond acceptors (Lipinski definition) is 4. The van der Waals surface area contributed by atoms with Gasteiger partial charge in [-0.05, 0) is 85.0 Å². The van der Waals surface area contributed by atoms with E-state index in [0.717, 1.165) is 40.7 Å². The van der Waals surface area contributed by atoms with E-state index < -0.39 is 0 Å². The van der Waals surface area contributed by atoms with Crippen molar-refractivity contribution in [3.63, 3.8) is 0 Å². The Morgan fingerprint density at radius 1 is 1.05 bits per heavy atom. The average Bonchev–Trinajstić information content (AvgIpc) is 3.60. The summed E-state index contributed by atoms with van der Waals surface area (Å²) in [6, 6.07) is 18.5. The molecule has 2 N–H and O–H groups in total. The van der Waals surface area contributed by atoms with Crippen LogP contribution in [-0.4, -0.2) is 43.5 Å². The van der Waals surface area contributed by atoms with Crippen LogP contribution in [0.25, 0.3) is 16.8 Å². The van der Waals surface area contributed by atoms with Gasteiger partial charge in [0.1, 0.15) is 6.33 Å². The van der Waals surface area contributed by atoms with Crippen LogP contribution in [0.5, 0.6) is 0 Å². The lowest BCUT2D eigenvalue weighted by atomic mass is 9.87. The van der Waals surface area contributed by atoms with Crippen LogP contribution in [0.2, 0.25) is 0 Å². The van der Waals surface area contributed by atoms with Gasteiger partial charge in [0, 0.05) is 37.3 Å².